The van der Waals surface area contributed by atoms with Gasteiger partial charge in [0.15, 0.2) is 5.13 Å². The average molecular weight is 411 g/mol. The maximum absolute atomic E-state index is 12.8. The molecule has 0 saturated carbocycles. The molecule has 3 aromatic rings. The highest BCUT2D eigenvalue weighted by atomic mass is 32.1. The Kier molecular flexibility index (Phi) is 5.16. The number of nitrogens with zero attached hydrogens (tertiary/aromatic N) is 5. The van der Waals surface area contributed by atoms with E-state index in [1.807, 2.05) is 49.2 Å². The Morgan fingerprint density at radius 1 is 1.17 bits per heavy atom. The van der Waals surface area contributed by atoms with Crippen LogP contribution < -0.4 is 4.90 Å². The number of nitro benzene ring substituents is 1. The summed E-state index contributed by atoms with van der Waals surface area (Å²) in [6.07, 6.45) is 0.436. The van der Waals surface area contributed by atoms with Gasteiger partial charge in [-0.3, -0.25) is 19.9 Å². The number of hydrogen-bond acceptors (Lipinski definition) is 6. The summed E-state index contributed by atoms with van der Waals surface area (Å²) < 4.78 is 0.752. The van der Waals surface area contributed by atoms with Crippen LogP contribution in [0.1, 0.15) is 18.1 Å². The quantitative estimate of drug-likeness (QED) is 0.470. The predicted molar refractivity (Wildman–Crippen MR) is 113 cm³/mol. The number of thiazole rings is 1. The number of rotatable bonds is 5. The molecular formula is C20H21N5O3S. The van der Waals surface area contributed by atoms with E-state index < -0.39 is 0 Å². The van der Waals surface area contributed by atoms with Crippen molar-refractivity contribution in [1.29, 1.82) is 0 Å². The predicted octanol–water partition coefficient (Wildman–Crippen LogP) is 3.90. The van der Waals surface area contributed by atoms with Crippen LogP contribution in [0.15, 0.2) is 42.5 Å². The lowest BCUT2D eigenvalue weighted by Gasteiger charge is -2.38. The van der Waals surface area contributed by atoms with E-state index in [1.54, 1.807) is 15.9 Å². The van der Waals surface area contributed by atoms with Crippen molar-refractivity contribution in [3.8, 4) is 0 Å². The van der Waals surface area contributed by atoms with Crippen LogP contribution >= 0.6 is 11.3 Å². The van der Waals surface area contributed by atoms with Gasteiger partial charge in [0, 0.05) is 19.0 Å². The van der Waals surface area contributed by atoms with Gasteiger partial charge in [-0.25, -0.2) is 9.78 Å². The molecule has 0 N–H and O–H groups in total. The summed E-state index contributed by atoms with van der Waals surface area (Å²) in [5.74, 6) is 0. The Morgan fingerprint density at radius 2 is 1.93 bits per heavy atom. The summed E-state index contributed by atoms with van der Waals surface area (Å²) >= 11 is 1.34. The van der Waals surface area contributed by atoms with Crippen molar-refractivity contribution in [2.24, 2.45) is 0 Å². The minimum atomic E-state index is -0.351. The van der Waals surface area contributed by atoms with E-state index in [1.165, 1.54) is 17.4 Å². The third-order valence-corrected chi connectivity index (χ3v) is 6.11. The van der Waals surface area contributed by atoms with E-state index in [-0.39, 0.29) is 16.6 Å². The van der Waals surface area contributed by atoms with Gasteiger partial charge in [0.05, 0.1) is 34.0 Å². The lowest BCUT2D eigenvalue weighted by molar-refractivity contribution is -0.385. The van der Waals surface area contributed by atoms with Crippen LogP contribution in [0.5, 0.6) is 0 Å². The van der Waals surface area contributed by atoms with Crippen LogP contribution in [0.2, 0.25) is 0 Å². The monoisotopic (exact) mass is 411 g/mol. The van der Waals surface area contributed by atoms with E-state index in [2.05, 4.69) is 4.98 Å². The third-order valence-electron chi connectivity index (χ3n) is 4.95. The first-order valence-electron chi connectivity index (χ1n) is 9.33. The minimum Gasteiger partial charge on any atom is -0.312 e. The molecule has 1 fully saturated rings. The highest BCUT2D eigenvalue weighted by Crippen LogP contribution is 2.37. The smallest absolute Gasteiger partial charge is 0.312 e. The summed E-state index contributed by atoms with van der Waals surface area (Å²) in [6.45, 7) is 3.55. The van der Waals surface area contributed by atoms with Gasteiger partial charge in [-0.05, 0) is 25.6 Å². The van der Waals surface area contributed by atoms with E-state index in [9.17, 15) is 14.9 Å². The first kappa shape index (κ1) is 19.3. The Balaban J connectivity index is 1.80. The molecule has 1 aromatic heterocycles. The van der Waals surface area contributed by atoms with Crippen molar-refractivity contribution in [3.63, 3.8) is 0 Å². The molecule has 0 bridgehead atoms. The Labute approximate surface area is 172 Å². The molecule has 1 aliphatic heterocycles. The molecule has 1 aliphatic rings. The van der Waals surface area contributed by atoms with Crippen LogP contribution in [0, 0.1) is 10.1 Å². The number of anilines is 1. The molecule has 0 radical (unpaired) electrons. The van der Waals surface area contributed by atoms with Crippen molar-refractivity contribution in [1.82, 2.24) is 14.8 Å². The molecule has 8 nitrogen and oxygen atoms in total. The standard InChI is InChI=1S/C20H21N5O3S/c1-3-23-12-22(2)13-24(20(23)26)19-21-16-9-10-17(25(27)28)15(18(16)29-19)11-14-7-5-4-6-8-14/h4-10H,3,11-13H2,1-2H3. The number of aromatic nitrogens is 1. The lowest BCUT2D eigenvalue weighted by atomic mass is 10.0. The highest BCUT2D eigenvalue weighted by Gasteiger charge is 2.31. The maximum Gasteiger partial charge on any atom is 0.328 e. The Morgan fingerprint density at radius 3 is 2.62 bits per heavy atom. The molecule has 150 valence electrons. The van der Waals surface area contributed by atoms with Crippen molar-refractivity contribution in [2.75, 3.05) is 31.8 Å². The number of benzene rings is 2. The second kappa shape index (κ2) is 7.76. The fraction of sp³-hybridized carbons (Fsp3) is 0.300. The van der Waals surface area contributed by atoms with Crippen molar-refractivity contribution < 1.29 is 9.72 Å². The summed E-state index contributed by atoms with van der Waals surface area (Å²) in [7, 11) is 1.95. The number of amides is 2. The summed E-state index contributed by atoms with van der Waals surface area (Å²) in [4.78, 5) is 34.2. The number of carbonyl (C=O) groups excluding carboxylic acids is 1. The maximum atomic E-state index is 12.8. The second-order valence-corrected chi connectivity index (χ2v) is 8.01. The first-order chi connectivity index (χ1) is 14.0. The molecule has 2 amide bonds. The van der Waals surface area contributed by atoms with Gasteiger partial charge in [0.1, 0.15) is 0 Å². The number of urea groups is 1. The van der Waals surface area contributed by atoms with Gasteiger partial charge in [-0.15, -0.1) is 0 Å². The van der Waals surface area contributed by atoms with Gasteiger partial charge in [0.25, 0.3) is 5.69 Å². The van der Waals surface area contributed by atoms with E-state index in [4.69, 9.17) is 0 Å². The molecule has 0 spiro atoms. The second-order valence-electron chi connectivity index (χ2n) is 7.03. The zero-order chi connectivity index (χ0) is 20.5. The topological polar surface area (TPSA) is 82.8 Å². The van der Waals surface area contributed by atoms with Gasteiger partial charge in [-0.1, -0.05) is 41.7 Å². The zero-order valence-corrected chi connectivity index (χ0v) is 17.1. The Bertz CT molecular complexity index is 1070. The van der Waals surface area contributed by atoms with Crippen LogP contribution in [-0.2, 0) is 6.42 Å². The van der Waals surface area contributed by atoms with E-state index in [0.29, 0.717) is 42.5 Å². The van der Waals surface area contributed by atoms with E-state index >= 15 is 0 Å². The molecule has 4 rings (SSSR count). The normalized spacial score (nSPS) is 15.3. The molecule has 2 aromatic carbocycles. The van der Waals surface area contributed by atoms with Crippen molar-refractivity contribution in [2.45, 2.75) is 13.3 Å². The van der Waals surface area contributed by atoms with Crippen molar-refractivity contribution >= 4 is 38.4 Å². The molecule has 0 unspecified atom stereocenters. The molecule has 1 saturated heterocycles. The number of fused-ring (bicyclic) bond motifs is 1. The van der Waals surface area contributed by atoms with Gasteiger partial charge >= 0.3 is 6.03 Å². The van der Waals surface area contributed by atoms with E-state index in [0.717, 1.165) is 10.3 Å². The molecule has 0 aliphatic carbocycles. The molecule has 2 heterocycles. The highest BCUT2D eigenvalue weighted by molar-refractivity contribution is 7.22. The summed E-state index contributed by atoms with van der Waals surface area (Å²) in [6, 6.07) is 12.7. The Hall–Kier alpha value is -3.04. The average Bonchev–Trinajstić information content (AvgIpc) is 3.14. The van der Waals surface area contributed by atoms with Crippen LogP contribution in [-0.4, -0.2) is 52.7 Å². The molecular weight excluding hydrogens is 390 g/mol. The number of hydrogen-bond donors (Lipinski definition) is 0. The largest absolute Gasteiger partial charge is 0.328 e. The zero-order valence-electron chi connectivity index (χ0n) is 16.2. The van der Waals surface area contributed by atoms with Gasteiger partial charge in [-0.2, -0.15) is 0 Å². The van der Waals surface area contributed by atoms with Gasteiger partial charge < -0.3 is 4.90 Å². The van der Waals surface area contributed by atoms with Crippen molar-refractivity contribution in [3.05, 3.63) is 63.7 Å². The third kappa shape index (κ3) is 3.66. The van der Waals surface area contributed by atoms with Crippen LogP contribution in [0.3, 0.4) is 0 Å². The molecule has 9 heteroatoms. The number of carbonyl (C=O) groups is 1. The van der Waals surface area contributed by atoms with Crippen LogP contribution in [0.25, 0.3) is 10.2 Å². The fourth-order valence-electron chi connectivity index (χ4n) is 3.53. The molecule has 0 atom stereocenters. The SMILES string of the molecule is CCN1CN(C)CN(c2nc3ccc([N+](=O)[O-])c(Cc4ccccc4)c3s2)C1=O. The fourth-order valence-corrected chi connectivity index (χ4v) is 4.62. The minimum absolute atomic E-state index is 0.0776. The van der Waals surface area contributed by atoms with Gasteiger partial charge in [0.2, 0.25) is 0 Å². The first-order valence-corrected chi connectivity index (χ1v) is 10.1. The number of nitro groups is 1. The summed E-state index contributed by atoms with van der Waals surface area (Å²) in [5, 5.41) is 12.2. The lowest BCUT2D eigenvalue weighted by Crippen LogP contribution is -2.56. The molecule has 29 heavy (non-hydrogen) atoms. The summed E-state index contributed by atoms with van der Waals surface area (Å²) in [5.41, 5.74) is 2.37. The van der Waals surface area contributed by atoms with Crippen LogP contribution in [0.4, 0.5) is 15.6 Å².